The number of methoxy groups -OCH3 is 2. The van der Waals surface area contributed by atoms with Gasteiger partial charge in [-0.2, -0.15) is 10.1 Å². The number of hydrogen-bond acceptors (Lipinski definition) is 7. The minimum atomic E-state index is -0.574. The molecule has 0 aromatic heterocycles. The van der Waals surface area contributed by atoms with Gasteiger partial charge in [-0.15, -0.1) is 0 Å². The number of imide groups is 1. The predicted octanol–water partition coefficient (Wildman–Crippen LogP) is 3.00. The maximum atomic E-state index is 13.8. The second-order valence-corrected chi connectivity index (χ2v) is 8.80. The minimum Gasteiger partial charge on any atom is -0.493 e. The van der Waals surface area contributed by atoms with Gasteiger partial charge in [0, 0.05) is 5.56 Å². The molecule has 4 unspecified atom stereocenters. The molecule has 1 heterocycles. The Morgan fingerprint density at radius 2 is 1.69 bits per heavy atom. The Hall–Kier alpha value is -4.21. The predicted molar refractivity (Wildman–Crippen MR) is 127 cm³/mol. The first-order valence-electron chi connectivity index (χ1n) is 11.4. The molecule has 10 heteroatoms. The molecule has 2 bridgehead atoms. The fourth-order valence-corrected chi connectivity index (χ4v) is 5.13. The molecule has 1 saturated carbocycles. The highest BCUT2D eigenvalue weighted by Crippen LogP contribution is 2.52. The second kappa shape index (κ2) is 9.44. The van der Waals surface area contributed by atoms with Gasteiger partial charge >= 0.3 is 0 Å². The summed E-state index contributed by atoms with van der Waals surface area (Å²) in [6.45, 7) is -0.426. The molecule has 0 radical (unpaired) electrons. The van der Waals surface area contributed by atoms with Crippen LogP contribution in [0, 0.1) is 29.5 Å². The van der Waals surface area contributed by atoms with Crippen LogP contribution in [0.1, 0.15) is 12.0 Å². The number of amides is 3. The monoisotopic (exact) mass is 493 g/mol. The minimum absolute atomic E-state index is 0.0375. The van der Waals surface area contributed by atoms with E-state index in [4.69, 9.17) is 14.2 Å². The van der Waals surface area contributed by atoms with E-state index in [1.165, 1.54) is 38.6 Å². The van der Waals surface area contributed by atoms with Gasteiger partial charge in [0.25, 0.3) is 17.7 Å². The van der Waals surface area contributed by atoms with Crippen molar-refractivity contribution in [2.45, 2.75) is 6.42 Å². The van der Waals surface area contributed by atoms with E-state index in [-0.39, 0.29) is 58.4 Å². The van der Waals surface area contributed by atoms with E-state index in [1.54, 1.807) is 18.2 Å². The van der Waals surface area contributed by atoms with Gasteiger partial charge in [0.15, 0.2) is 18.1 Å². The van der Waals surface area contributed by atoms with Crippen molar-refractivity contribution >= 4 is 29.6 Å². The van der Waals surface area contributed by atoms with Crippen molar-refractivity contribution in [1.29, 1.82) is 0 Å². The summed E-state index contributed by atoms with van der Waals surface area (Å²) in [5.41, 5.74) is 0.529. The first kappa shape index (κ1) is 23.5. The van der Waals surface area contributed by atoms with Crippen molar-refractivity contribution in [2.24, 2.45) is 28.8 Å². The van der Waals surface area contributed by atoms with Crippen LogP contribution < -0.4 is 19.5 Å². The van der Waals surface area contributed by atoms with Crippen molar-refractivity contribution in [2.75, 3.05) is 26.1 Å². The van der Waals surface area contributed by atoms with Crippen LogP contribution in [-0.2, 0) is 14.4 Å². The maximum absolute atomic E-state index is 13.8. The van der Waals surface area contributed by atoms with Crippen LogP contribution >= 0.6 is 0 Å². The van der Waals surface area contributed by atoms with Crippen LogP contribution in [0.4, 0.5) is 10.1 Å². The zero-order chi connectivity index (χ0) is 25.4. The molecule has 3 aliphatic rings. The first-order chi connectivity index (χ1) is 17.4. The maximum Gasteiger partial charge on any atom is 0.262 e. The van der Waals surface area contributed by atoms with Crippen molar-refractivity contribution < 1.29 is 33.0 Å². The number of hydrazone groups is 1. The van der Waals surface area contributed by atoms with Crippen molar-refractivity contribution in [1.82, 2.24) is 5.01 Å². The quantitative estimate of drug-likeness (QED) is 0.344. The zero-order valence-corrected chi connectivity index (χ0v) is 19.6. The fraction of sp³-hybridized carbons (Fsp3) is 0.308. The molecule has 9 nitrogen and oxygen atoms in total. The molecule has 1 N–H and O–H groups in total. The third kappa shape index (κ3) is 4.08. The lowest BCUT2D eigenvalue weighted by Gasteiger charge is -2.15. The highest BCUT2D eigenvalue weighted by atomic mass is 19.1. The van der Waals surface area contributed by atoms with Crippen LogP contribution in [0.3, 0.4) is 0 Å². The van der Waals surface area contributed by atoms with E-state index in [0.717, 1.165) is 11.4 Å². The molecule has 1 aliphatic heterocycles. The largest absolute Gasteiger partial charge is 0.493 e. The van der Waals surface area contributed by atoms with E-state index >= 15 is 0 Å². The SMILES string of the molecule is COc1cc(C=NN2C(=O)C3C4C=CC(C4)C3C2=O)cc(OC)c1OCC(=O)Nc1ccccc1F. The molecule has 2 aromatic rings. The van der Waals surface area contributed by atoms with E-state index in [0.29, 0.717) is 5.56 Å². The number of benzene rings is 2. The number of para-hydroxylation sites is 1. The summed E-state index contributed by atoms with van der Waals surface area (Å²) in [7, 11) is 2.83. The standard InChI is InChI=1S/C26H24FN3O6/c1-34-19-9-14(12-28-30-25(32)22-15-7-8-16(11-15)23(22)26(30)33)10-20(35-2)24(19)36-13-21(31)29-18-6-4-3-5-17(18)27/h3-10,12,15-16,22-23H,11,13H2,1-2H3,(H,29,31). The molecule has 4 atom stereocenters. The third-order valence-corrected chi connectivity index (χ3v) is 6.75. The number of halogens is 1. The first-order valence-corrected chi connectivity index (χ1v) is 11.4. The van der Waals surface area contributed by atoms with Crippen molar-refractivity contribution in [3.05, 3.63) is 59.9 Å². The Bertz CT molecular complexity index is 1240. The Morgan fingerprint density at radius 3 is 2.28 bits per heavy atom. The van der Waals surface area contributed by atoms with Crippen molar-refractivity contribution in [3.8, 4) is 17.2 Å². The Kier molecular flexibility index (Phi) is 6.17. The highest BCUT2D eigenvalue weighted by molar-refractivity contribution is 6.06. The number of nitrogens with zero attached hydrogens (tertiary/aromatic N) is 2. The lowest BCUT2D eigenvalue weighted by Crippen LogP contribution is -2.28. The number of fused-ring (bicyclic) bond motifs is 5. The fourth-order valence-electron chi connectivity index (χ4n) is 5.13. The molecule has 2 aliphatic carbocycles. The number of hydrogen-bond donors (Lipinski definition) is 1. The number of anilines is 1. The molecule has 36 heavy (non-hydrogen) atoms. The van der Waals surface area contributed by atoms with E-state index in [9.17, 15) is 18.8 Å². The Labute approximate surface area is 206 Å². The van der Waals surface area contributed by atoms with Crippen LogP contribution in [0.15, 0.2) is 53.7 Å². The van der Waals surface area contributed by atoms with Gasteiger partial charge in [-0.1, -0.05) is 24.3 Å². The van der Waals surface area contributed by atoms with Crippen LogP contribution in [0.2, 0.25) is 0 Å². The number of carbonyl (C=O) groups is 3. The molecule has 1 saturated heterocycles. The van der Waals surface area contributed by atoms with Gasteiger partial charge in [-0.3, -0.25) is 14.4 Å². The summed E-state index contributed by atoms with van der Waals surface area (Å²) in [4.78, 5) is 37.9. The molecule has 2 fully saturated rings. The topological polar surface area (TPSA) is 107 Å². The smallest absolute Gasteiger partial charge is 0.262 e. The lowest BCUT2D eigenvalue weighted by atomic mass is 9.85. The van der Waals surface area contributed by atoms with E-state index in [1.807, 2.05) is 12.2 Å². The summed E-state index contributed by atoms with van der Waals surface area (Å²) in [5.74, 6) is -1.52. The molecular formula is C26H24FN3O6. The van der Waals surface area contributed by atoms with Gasteiger partial charge in [0.05, 0.1) is 38.0 Å². The summed E-state index contributed by atoms with van der Waals surface area (Å²) in [6.07, 6.45) is 6.27. The van der Waals surface area contributed by atoms with Gasteiger partial charge in [-0.05, 0) is 42.5 Å². The zero-order valence-electron chi connectivity index (χ0n) is 19.6. The average Bonchev–Trinajstić information content (AvgIpc) is 3.56. The van der Waals surface area contributed by atoms with Gasteiger partial charge < -0.3 is 19.5 Å². The average molecular weight is 493 g/mol. The van der Waals surface area contributed by atoms with E-state index in [2.05, 4.69) is 10.4 Å². The van der Waals surface area contributed by atoms with E-state index < -0.39 is 18.3 Å². The number of carbonyl (C=O) groups excluding carboxylic acids is 3. The summed E-state index contributed by atoms with van der Waals surface area (Å²) >= 11 is 0. The number of nitrogens with one attached hydrogen (secondary N) is 1. The van der Waals surface area contributed by atoms with Crippen LogP contribution in [-0.4, -0.2) is 49.8 Å². The van der Waals surface area contributed by atoms with Gasteiger partial charge in [0.1, 0.15) is 5.82 Å². The molecule has 5 rings (SSSR count). The summed E-state index contributed by atoms with van der Waals surface area (Å²) < 4.78 is 30.2. The molecule has 2 aromatic carbocycles. The summed E-state index contributed by atoms with van der Waals surface area (Å²) in [6, 6.07) is 8.94. The highest BCUT2D eigenvalue weighted by Gasteiger charge is 2.59. The molecule has 186 valence electrons. The van der Waals surface area contributed by atoms with Crippen molar-refractivity contribution in [3.63, 3.8) is 0 Å². The number of ether oxygens (including phenoxy) is 3. The van der Waals surface area contributed by atoms with Crippen LogP contribution in [0.5, 0.6) is 17.2 Å². The Morgan fingerprint density at radius 1 is 1.08 bits per heavy atom. The third-order valence-electron chi connectivity index (χ3n) is 6.75. The normalized spacial score (nSPS) is 23.9. The molecule has 3 amide bonds. The number of allylic oxidation sites excluding steroid dienone is 2. The van der Waals surface area contributed by atoms with Gasteiger partial charge in [-0.25, -0.2) is 4.39 Å². The Balaban J connectivity index is 1.30. The van der Waals surface area contributed by atoms with Gasteiger partial charge in [0.2, 0.25) is 5.75 Å². The second-order valence-electron chi connectivity index (χ2n) is 8.80. The molecular weight excluding hydrogens is 469 g/mol. The molecule has 0 spiro atoms. The summed E-state index contributed by atoms with van der Waals surface area (Å²) in [5, 5.41) is 7.57. The van der Waals surface area contributed by atoms with Crippen LogP contribution in [0.25, 0.3) is 0 Å². The lowest BCUT2D eigenvalue weighted by molar-refractivity contribution is -0.140. The number of rotatable bonds is 8.